The molecular weight excluding hydrogens is 254 g/mol. The molecule has 0 aliphatic carbocycles. The molecule has 2 aliphatic rings. The van der Waals surface area contributed by atoms with Gasteiger partial charge in [0.1, 0.15) is 0 Å². The third kappa shape index (κ3) is 2.27. The molecule has 3 N–H and O–H groups in total. The molecule has 0 aromatic heterocycles. The standard InChI is InChI=1S/C15H21N3O2/c1-16-11-5-4-10-7-14(15(20)17-13(10)8-11)18-6-2-3-12(18)9-19/h4-5,8,12,14,16,19H,2-3,6-7,9H2,1H3,(H,17,20)/t12-,14?/m0/s1. The quantitative estimate of drug-likeness (QED) is 0.771. The summed E-state index contributed by atoms with van der Waals surface area (Å²) in [5.74, 6) is 0.0473. The van der Waals surface area contributed by atoms with Crippen LogP contribution < -0.4 is 10.6 Å². The third-order valence-electron chi connectivity index (χ3n) is 4.41. The number of aliphatic hydroxyl groups excluding tert-OH is 1. The zero-order chi connectivity index (χ0) is 14.1. The van der Waals surface area contributed by atoms with Gasteiger partial charge in [-0.15, -0.1) is 0 Å². The molecule has 1 aromatic rings. The highest BCUT2D eigenvalue weighted by atomic mass is 16.3. The van der Waals surface area contributed by atoms with Crippen molar-refractivity contribution in [1.29, 1.82) is 0 Å². The molecule has 1 aromatic carbocycles. The van der Waals surface area contributed by atoms with E-state index in [4.69, 9.17) is 0 Å². The number of likely N-dealkylation sites (tertiary alicyclic amines) is 1. The van der Waals surface area contributed by atoms with Crippen LogP contribution in [0.15, 0.2) is 18.2 Å². The monoisotopic (exact) mass is 275 g/mol. The molecule has 1 fully saturated rings. The van der Waals surface area contributed by atoms with E-state index in [1.54, 1.807) is 0 Å². The summed E-state index contributed by atoms with van der Waals surface area (Å²) in [7, 11) is 1.87. The van der Waals surface area contributed by atoms with Gasteiger partial charge in [0.25, 0.3) is 0 Å². The lowest BCUT2D eigenvalue weighted by molar-refractivity contribution is -0.122. The van der Waals surface area contributed by atoms with Gasteiger partial charge in [-0.2, -0.15) is 0 Å². The van der Waals surface area contributed by atoms with Crippen molar-refractivity contribution in [2.75, 3.05) is 30.8 Å². The van der Waals surface area contributed by atoms with Gasteiger partial charge in [0, 0.05) is 24.5 Å². The van der Waals surface area contributed by atoms with Gasteiger partial charge in [0.05, 0.1) is 12.6 Å². The maximum Gasteiger partial charge on any atom is 0.242 e. The van der Waals surface area contributed by atoms with Crippen molar-refractivity contribution in [1.82, 2.24) is 4.90 Å². The normalized spacial score (nSPS) is 26.2. The second-order valence-electron chi connectivity index (χ2n) is 5.55. The lowest BCUT2D eigenvalue weighted by Gasteiger charge is -2.34. The summed E-state index contributed by atoms with van der Waals surface area (Å²) in [4.78, 5) is 14.5. The van der Waals surface area contributed by atoms with Crippen molar-refractivity contribution in [3.8, 4) is 0 Å². The lowest BCUT2D eigenvalue weighted by atomic mass is 9.97. The van der Waals surface area contributed by atoms with Crippen LogP contribution in [0.1, 0.15) is 18.4 Å². The molecule has 2 aliphatic heterocycles. The summed E-state index contributed by atoms with van der Waals surface area (Å²) in [6, 6.07) is 6.04. The van der Waals surface area contributed by atoms with Crippen LogP contribution in [-0.2, 0) is 11.2 Å². The summed E-state index contributed by atoms with van der Waals surface area (Å²) in [5, 5.41) is 15.5. The second-order valence-corrected chi connectivity index (χ2v) is 5.55. The summed E-state index contributed by atoms with van der Waals surface area (Å²) < 4.78 is 0. The Hall–Kier alpha value is -1.59. The van der Waals surface area contributed by atoms with Crippen molar-refractivity contribution < 1.29 is 9.90 Å². The van der Waals surface area contributed by atoms with Gasteiger partial charge in [-0.05, 0) is 43.5 Å². The molecule has 108 valence electrons. The van der Waals surface area contributed by atoms with Crippen molar-refractivity contribution in [3.05, 3.63) is 23.8 Å². The second kappa shape index (κ2) is 5.42. The molecular formula is C15H21N3O2. The molecule has 5 heteroatoms. The zero-order valence-corrected chi connectivity index (χ0v) is 11.7. The highest BCUT2D eigenvalue weighted by Gasteiger charge is 2.37. The van der Waals surface area contributed by atoms with Crippen LogP contribution in [0.3, 0.4) is 0 Å². The summed E-state index contributed by atoms with van der Waals surface area (Å²) >= 11 is 0. The van der Waals surface area contributed by atoms with E-state index < -0.39 is 0 Å². The van der Waals surface area contributed by atoms with Crippen LogP contribution in [0.4, 0.5) is 11.4 Å². The van der Waals surface area contributed by atoms with Gasteiger partial charge in [0.2, 0.25) is 5.91 Å². The van der Waals surface area contributed by atoms with E-state index in [9.17, 15) is 9.90 Å². The number of hydrogen-bond donors (Lipinski definition) is 3. The number of amides is 1. The minimum atomic E-state index is -0.150. The largest absolute Gasteiger partial charge is 0.395 e. The van der Waals surface area contributed by atoms with Gasteiger partial charge < -0.3 is 15.7 Å². The number of hydrogen-bond acceptors (Lipinski definition) is 4. The van der Waals surface area contributed by atoms with E-state index in [-0.39, 0.29) is 24.6 Å². The minimum absolute atomic E-state index is 0.0473. The molecule has 1 amide bonds. The van der Waals surface area contributed by atoms with Crippen LogP contribution in [-0.4, -0.2) is 48.2 Å². The molecule has 3 rings (SSSR count). The first-order valence-corrected chi connectivity index (χ1v) is 7.21. The molecule has 0 bridgehead atoms. The number of fused-ring (bicyclic) bond motifs is 1. The lowest BCUT2D eigenvalue weighted by Crippen LogP contribution is -2.50. The smallest absolute Gasteiger partial charge is 0.242 e. The van der Waals surface area contributed by atoms with E-state index in [1.165, 1.54) is 0 Å². The third-order valence-corrected chi connectivity index (χ3v) is 4.41. The van der Waals surface area contributed by atoms with Gasteiger partial charge in [-0.25, -0.2) is 0 Å². The summed E-state index contributed by atoms with van der Waals surface area (Å²) in [6.07, 6.45) is 2.76. The number of benzene rings is 1. The fourth-order valence-electron chi connectivity index (χ4n) is 3.28. The van der Waals surface area contributed by atoms with E-state index in [2.05, 4.69) is 21.6 Å². The van der Waals surface area contributed by atoms with E-state index in [0.717, 1.165) is 42.7 Å². The van der Waals surface area contributed by atoms with Crippen LogP contribution in [0.5, 0.6) is 0 Å². The predicted octanol–water partition coefficient (Wildman–Crippen LogP) is 1.05. The Morgan fingerprint density at radius 1 is 1.50 bits per heavy atom. The van der Waals surface area contributed by atoms with Crippen molar-refractivity contribution in [2.45, 2.75) is 31.3 Å². The molecule has 1 saturated heterocycles. The number of carbonyl (C=O) groups is 1. The van der Waals surface area contributed by atoms with Crippen LogP contribution in [0.25, 0.3) is 0 Å². The molecule has 2 atom stereocenters. The van der Waals surface area contributed by atoms with Crippen LogP contribution in [0, 0.1) is 0 Å². The predicted molar refractivity (Wildman–Crippen MR) is 78.9 cm³/mol. The van der Waals surface area contributed by atoms with Crippen molar-refractivity contribution in [3.63, 3.8) is 0 Å². The first-order chi connectivity index (χ1) is 9.72. The Balaban J connectivity index is 1.84. The number of aliphatic hydroxyl groups is 1. The Labute approximate surface area is 119 Å². The molecule has 0 spiro atoms. The fourth-order valence-corrected chi connectivity index (χ4v) is 3.28. The van der Waals surface area contributed by atoms with Gasteiger partial charge in [-0.1, -0.05) is 6.07 Å². The Bertz CT molecular complexity index is 518. The molecule has 2 heterocycles. The molecule has 5 nitrogen and oxygen atoms in total. The average molecular weight is 275 g/mol. The van der Waals surface area contributed by atoms with E-state index >= 15 is 0 Å². The Morgan fingerprint density at radius 3 is 3.10 bits per heavy atom. The number of nitrogens with one attached hydrogen (secondary N) is 2. The van der Waals surface area contributed by atoms with Gasteiger partial charge >= 0.3 is 0 Å². The van der Waals surface area contributed by atoms with E-state index in [0.29, 0.717) is 0 Å². The van der Waals surface area contributed by atoms with E-state index in [1.807, 2.05) is 19.2 Å². The maximum absolute atomic E-state index is 12.4. The first kappa shape index (κ1) is 13.4. The minimum Gasteiger partial charge on any atom is -0.395 e. The number of rotatable bonds is 3. The van der Waals surface area contributed by atoms with Crippen molar-refractivity contribution >= 4 is 17.3 Å². The Kier molecular flexibility index (Phi) is 3.63. The highest BCUT2D eigenvalue weighted by molar-refractivity contribution is 5.98. The molecule has 0 saturated carbocycles. The SMILES string of the molecule is CNc1ccc2c(c1)NC(=O)C(N1CCC[C@H]1CO)C2. The van der Waals surface area contributed by atoms with Gasteiger partial charge in [0.15, 0.2) is 0 Å². The number of nitrogens with zero attached hydrogens (tertiary/aromatic N) is 1. The van der Waals surface area contributed by atoms with Crippen LogP contribution >= 0.6 is 0 Å². The average Bonchev–Trinajstić information content (AvgIpc) is 2.94. The zero-order valence-electron chi connectivity index (χ0n) is 11.7. The van der Waals surface area contributed by atoms with Gasteiger partial charge in [-0.3, -0.25) is 9.69 Å². The topological polar surface area (TPSA) is 64.6 Å². The summed E-state index contributed by atoms with van der Waals surface area (Å²) in [5.41, 5.74) is 3.06. The van der Waals surface area contributed by atoms with Crippen LogP contribution in [0.2, 0.25) is 0 Å². The first-order valence-electron chi connectivity index (χ1n) is 7.21. The highest BCUT2D eigenvalue weighted by Crippen LogP contribution is 2.30. The fraction of sp³-hybridized carbons (Fsp3) is 0.533. The molecule has 1 unspecified atom stereocenters. The van der Waals surface area contributed by atoms with Crippen molar-refractivity contribution in [2.24, 2.45) is 0 Å². The Morgan fingerprint density at radius 2 is 2.35 bits per heavy atom. The number of carbonyl (C=O) groups excluding carboxylic acids is 1. The molecule has 0 radical (unpaired) electrons. The molecule has 20 heavy (non-hydrogen) atoms. The summed E-state index contributed by atoms with van der Waals surface area (Å²) in [6.45, 7) is 1.03. The number of anilines is 2. The maximum atomic E-state index is 12.4.